The van der Waals surface area contributed by atoms with Gasteiger partial charge in [0.1, 0.15) is 11.4 Å². The SMILES string of the molecule is Cc1ccc(N2CCC[C@H](N(Cc3ccnc(C)c3)Cc3cn(C4CC4)c4cc(N5CC[C@H](CNC(=O)OC(C)(C)C)C5)c(F)cc4c3=O)C2)cn1. The quantitative estimate of drug-likeness (QED) is 0.190. The van der Waals surface area contributed by atoms with Crippen LogP contribution in [0.15, 0.2) is 59.8 Å². The minimum atomic E-state index is -0.565. The summed E-state index contributed by atoms with van der Waals surface area (Å²) >= 11 is 0. The average molecular weight is 710 g/mol. The molecule has 1 N–H and O–H groups in total. The second-order valence-electron chi connectivity index (χ2n) is 16.0. The van der Waals surface area contributed by atoms with E-state index in [0.717, 1.165) is 73.3 Å². The van der Waals surface area contributed by atoms with E-state index in [1.54, 1.807) is 0 Å². The van der Waals surface area contributed by atoms with E-state index in [9.17, 15) is 9.59 Å². The molecule has 0 unspecified atom stereocenters. The van der Waals surface area contributed by atoms with Gasteiger partial charge in [-0.15, -0.1) is 0 Å². The molecule has 0 bridgehead atoms. The molecule has 3 aliphatic rings. The minimum absolute atomic E-state index is 0.107. The molecule has 11 heteroatoms. The van der Waals surface area contributed by atoms with Gasteiger partial charge >= 0.3 is 6.09 Å². The molecule has 2 aliphatic heterocycles. The Morgan fingerprint density at radius 3 is 2.54 bits per heavy atom. The van der Waals surface area contributed by atoms with Gasteiger partial charge < -0.3 is 24.4 Å². The van der Waals surface area contributed by atoms with Crippen LogP contribution in [-0.2, 0) is 17.8 Å². The van der Waals surface area contributed by atoms with E-state index in [1.165, 1.54) is 6.07 Å². The lowest BCUT2D eigenvalue weighted by Crippen LogP contribution is -2.48. The smallest absolute Gasteiger partial charge is 0.407 e. The molecule has 1 amide bonds. The number of piperidine rings is 1. The summed E-state index contributed by atoms with van der Waals surface area (Å²) in [5.41, 5.74) is 5.56. The summed E-state index contributed by atoms with van der Waals surface area (Å²) in [6.07, 6.45) is 10.4. The molecule has 5 heterocycles. The second-order valence-corrected chi connectivity index (χ2v) is 16.0. The van der Waals surface area contributed by atoms with Crippen molar-refractivity contribution in [2.45, 2.75) is 97.5 Å². The fraction of sp³-hybridized carbons (Fsp3) is 0.512. The normalized spacial score (nSPS) is 19.4. The van der Waals surface area contributed by atoms with Gasteiger partial charge in [0.2, 0.25) is 0 Å². The molecule has 3 fully saturated rings. The van der Waals surface area contributed by atoms with Crippen molar-refractivity contribution in [2.24, 2.45) is 5.92 Å². The van der Waals surface area contributed by atoms with Crippen molar-refractivity contribution in [3.05, 3.63) is 93.5 Å². The number of alkyl carbamates (subject to hydrolysis) is 1. The predicted molar refractivity (Wildman–Crippen MR) is 203 cm³/mol. The number of ether oxygens (including phenoxy) is 1. The van der Waals surface area contributed by atoms with Gasteiger partial charge in [-0.2, -0.15) is 0 Å². The summed E-state index contributed by atoms with van der Waals surface area (Å²) in [6.45, 7) is 14.2. The highest BCUT2D eigenvalue weighted by molar-refractivity contribution is 5.84. The van der Waals surface area contributed by atoms with E-state index >= 15 is 4.39 Å². The lowest BCUT2D eigenvalue weighted by Gasteiger charge is -2.40. The Balaban J connectivity index is 1.16. The third-order valence-corrected chi connectivity index (χ3v) is 10.6. The monoisotopic (exact) mass is 709 g/mol. The summed E-state index contributed by atoms with van der Waals surface area (Å²) < 4.78 is 23.7. The van der Waals surface area contributed by atoms with E-state index < -0.39 is 11.7 Å². The van der Waals surface area contributed by atoms with E-state index in [0.29, 0.717) is 55.4 Å². The Bertz CT molecular complexity index is 1970. The number of fused-ring (bicyclic) bond motifs is 1. The Hall–Kier alpha value is -4.51. The van der Waals surface area contributed by atoms with Crippen LogP contribution in [-0.4, -0.2) is 69.9 Å². The van der Waals surface area contributed by atoms with Crippen LogP contribution in [0, 0.1) is 25.6 Å². The molecule has 7 rings (SSSR count). The standard InChI is InChI=1S/C41H52FN7O3/c1-27-8-9-33(21-44-27)46-15-6-7-34(26-46)48(22-29-12-14-43-28(2)17-29)24-31-25-49(32-10-11-32)37-19-38(36(42)18-35(37)39(31)50)47-16-13-30(23-47)20-45-40(51)52-41(3,4)5/h8-9,12,14,17-19,21,25,30,32,34H,6-7,10-11,13,15-16,20,22-24,26H2,1-5H3,(H,45,51)/t30-,34+/m1/s1. The fourth-order valence-corrected chi connectivity index (χ4v) is 7.79. The van der Waals surface area contributed by atoms with E-state index in [1.807, 2.05) is 58.0 Å². The highest BCUT2D eigenvalue weighted by Crippen LogP contribution is 2.39. The topological polar surface area (TPSA) is 95.8 Å². The van der Waals surface area contributed by atoms with E-state index in [2.05, 4.69) is 60.1 Å². The number of halogens is 1. The highest BCUT2D eigenvalue weighted by atomic mass is 19.1. The summed E-state index contributed by atoms with van der Waals surface area (Å²) in [5, 5.41) is 3.31. The first-order valence-corrected chi connectivity index (χ1v) is 18.8. The van der Waals surface area contributed by atoms with Crippen molar-refractivity contribution in [2.75, 3.05) is 42.5 Å². The number of aromatic nitrogens is 3. The number of aryl methyl sites for hydroxylation is 2. The minimum Gasteiger partial charge on any atom is -0.444 e. The van der Waals surface area contributed by atoms with Crippen LogP contribution in [0.25, 0.3) is 10.9 Å². The first-order valence-electron chi connectivity index (χ1n) is 18.8. The Kier molecular flexibility index (Phi) is 10.2. The first kappa shape index (κ1) is 35.9. The zero-order valence-corrected chi connectivity index (χ0v) is 31.2. The van der Waals surface area contributed by atoms with Crippen molar-refractivity contribution < 1.29 is 13.9 Å². The summed E-state index contributed by atoms with van der Waals surface area (Å²) in [4.78, 5) is 42.4. The van der Waals surface area contributed by atoms with Gasteiger partial charge in [-0.1, -0.05) is 0 Å². The lowest BCUT2D eigenvalue weighted by atomic mass is 10.0. The fourth-order valence-electron chi connectivity index (χ4n) is 7.79. The van der Waals surface area contributed by atoms with Crippen LogP contribution >= 0.6 is 0 Å². The third kappa shape index (κ3) is 8.41. The average Bonchev–Trinajstić information content (AvgIpc) is 3.84. The van der Waals surface area contributed by atoms with Gasteiger partial charge in [-0.05, 0) is 115 Å². The molecule has 276 valence electrons. The molecule has 0 radical (unpaired) electrons. The Morgan fingerprint density at radius 1 is 0.981 bits per heavy atom. The molecule has 1 saturated carbocycles. The molecule has 1 aliphatic carbocycles. The summed E-state index contributed by atoms with van der Waals surface area (Å²) in [6, 6.07) is 12.2. The van der Waals surface area contributed by atoms with Crippen LogP contribution < -0.4 is 20.5 Å². The predicted octanol–water partition coefficient (Wildman–Crippen LogP) is 6.90. The van der Waals surface area contributed by atoms with Crippen molar-refractivity contribution in [3.63, 3.8) is 0 Å². The van der Waals surface area contributed by atoms with Crippen LogP contribution in [0.2, 0.25) is 0 Å². The molecular weight excluding hydrogens is 657 g/mol. The van der Waals surface area contributed by atoms with Crippen molar-refractivity contribution >= 4 is 28.4 Å². The number of benzene rings is 1. The van der Waals surface area contributed by atoms with Crippen LogP contribution in [0.1, 0.15) is 81.4 Å². The highest BCUT2D eigenvalue weighted by Gasteiger charge is 2.31. The number of amides is 1. The van der Waals surface area contributed by atoms with Crippen LogP contribution in [0.5, 0.6) is 0 Å². The molecule has 2 saturated heterocycles. The maximum absolute atomic E-state index is 16.1. The Morgan fingerprint density at radius 2 is 1.81 bits per heavy atom. The van der Waals surface area contributed by atoms with E-state index in [4.69, 9.17) is 4.74 Å². The summed E-state index contributed by atoms with van der Waals surface area (Å²) in [5.74, 6) is -0.215. The molecule has 0 spiro atoms. The van der Waals surface area contributed by atoms with Gasteiger partial charge in [-0.25, -0.2) is 9.18 Å². The lowest BCUT2D eigenvalue weighted by molar-refractivity contribution is 0.0520. The Labute approximate surface area is 306 Å². The molecule has 10 nitrogen and oxygen atoms in total. The number of hydrogen-bond donors (Lipinski definition) is 1. The zero-order valence-electron chi connectivity index (χ0n) is 31.2. The largest absolute Gasteiger partial charge is 0.444 e. The molecule has 52 heavy (non-hydrogen) atoms. The first-order chi connectivity index (χ1) is 24.9. The van der Waals surface area contributed by atoms with Crippen LogP contribution in [0.4, 0.5) is 20.6 Å². The number of pyridine rings is 3. The molecule has 3 aromatic heterocycles. The van der Waals surface area contributed by atoms with Crippen molar-refractivity contribution in [1.29, 1.82) is 0 Å². The maximum Gasteiger partial charge on any atom is 0.407 e. The van der Waals surface area contributed by atoms with Gasteiger partial charge in [-0.3, -0.25) is 19.7 Å². The number of rotatable bonds is 10. The van der Waals surface area contributed by atoms with Gasteiger partial charge in [0.25, 0.3) is 0 Å². The number of carbonyl (C=O) groups is 1. The van der Waals surface area contributed by atoms with Gasteiger partial charge in [0.15, 0.2) is 5.43 Å². The maximum atomic E-state index is 16.1. The molecule has 1 aromatic carbocycles. The molecule has 2 atom stereocenters. The van der Waals surface area contributed by atoms with Gasteiger partial charge in [0.05, 0.1) is 23.1 Å². The van der Waals surface area contributed by atoms with E-state index in [-0.39, 0.29) is 23.2 Å². The van der Waals surface area contributed by atoms with Crippen LogP contribution in [0.3, 0.4) is 0 Å². The number of hydrogen-bond acceptors (Lipinski definition) is 8. The number of carbonyl (C=O) groups excluding carboxylic acids is 1. The van der Waals surface area contributed by atoms with Crippen molar-refractivity contribution in [3.8, 4) is 0 Å². The molecule has 4 aromatic rings. The molecular formula is C41H52FN7O3. The third-order valence-electron chi connectivity index (χ3n) is 10.6. The zero-order chi connectivity index (χ0) is 36.6. The van der Waals surface area contributed by atoms with Crippen molar-refractivity contribution in [1.82, 2.24) is 24.8 Å². The van der Waals surface area contributed by atoms with Gasteiger partial charge in [0, 0.05) is 92.6 Å². The second kappa shape index (κ2) is 14.8. The number of nitrogens with zero attached hydrogens (tertiary/aromatic N) is 6. The summed E-state index contributed by atoms with van der Waals surface area (Å²) in [7, 11) is 0. The number of anilines is 2. The number of nitrogens with one attached hydrogen (secondary N) is 1.